The van der Waals surface area contributed by atoms with E-state index in [-0.39, 0.29) is 30.8 Å². The van der Waals surface area contributed by atoms with Crippen LogP contribution in [0, 0.1) is 17.5 Å². The van der Waals surface area contributed by atoms with Crippen LogP contribution in [0.15, 0.2) is 42.5 Å². The minimum Gasteiger partial charge on any atom is -0.399 e. The number of benzene rings is 3. The highest BCUT2D eigenvalue weighted by Gasteiger charge is 2.34. The summed E-state index contributed by atoms with van der Waals surface area (Å²) in [5, 5.41) is 1.11. The normalized spacial score (nSPS) is 18.0. The molecule has 0 N–H and O–H groups in total. The zero-order chi connectivity index (χ0) is 28.0. The zero-order valence-electron chi connectivity index (χ0n) is 21.5. The molecule has 0 aromatic heterocycles. The van der Waals surface area contributed by atoms with Crippen LogP contribution in [0.3, 0.4) is 0 Å². The van der Waals surface area contributed by atoms with Gasteiger partial charge in [0.25, 0.3) is 0 Å². The smallest absolute Gasteiger partial charge is 0.399 e. The van der Waals surface area contributed by atoms with Crippen LogP contribution in [0.5, 0.6) is 5.75 Å². The quantitative estimate of drug-likeness (QED) is 0.182. The highest BCUT2D eigenvalue weighted by atomic mass is 19.4. The maximum Gasteiger partial charge on any atom is 0.573 e. The van der Waals surface area contributed by atoms with E-state index in [1.807, 2.05) is 12.1 Å². The molecule has 1 saturated heterocycles. The van der Waals surface area contributed by atoms with Crippen molar-refractivity contribution in [2.75, 3.05) is 19.8 Å². The third-order valence-corrected chi connectivity index (χ3v) is 6.51. The molecule has 1 fully saturated rings. The lowest BCUT2D eigenvalue weighted by atomic mass is 9.98. The molecular weight excluding hydrogens is 526 g/mol. The predicted octanol–water partition coefficient (Wildman–Crippen LogP) is 7.43. The van der Waals surface area contributed by atoms with Crippen molar-refractivity contribution in [1.82, 2.24) is 0 Å². The summed E-state index contributed by atoms with van der Waals surface area (Å²) in [6.45, 7) is 3.78. The Kier molecular flexibility index (Phi) is 9.74. The molecule has 0 saturated carbocycles. The summed E-state index contributed by atoms with van der Waals surface area (Å²) < 4.78 is 101. The number of alkyl halides is 3. The van der Waals surface area contributed by atoms with E-state index >= 15 is 4.39 Å². The number of halogens is 6. The number of hydrogen-bond acceptors (Lipinski definition) is 4. The number of ether oxygens (including phenoxy) is 4. The third-order valence-electron chi connectivity index (χ3n) is 6.51. The first-order valence-electron chi connectivity index (χ1n) is 12.9. The number of fused-ring (bicyclic) bond motifs is 1. The second kappa shape index (κ2) is 13.0. The van der Waals surface area contributed by atoms with Crippen molar-refractivity contribution < 1.29 is 45.3 Å². The molecule has 0 amide bonds. The number of hydrogen-bond donors (Lipinski definition) is 0. The van der Waals surface area contributed by atoms with E-state index < -0.39 is 29.6 Å². The molecule has 0 aliphatic carbocycles. The Morgan fingerprint density at radius 2 is 1.59 bits per heavy atom. The van der Waals surface area contributed by atoms with Crippen LogP contribution in [0.2, 0.25) is 0 Å². The summed E-state index contributed by atoms with van der Waals surface area (Å²) in [6.07, 6.45) is -2.08. The van der Waals surface area contributed by atoms with Crippen molar-refractivity contribution in [2.45, 2.75) is 64.2 Å². The largest absolute Gasteiger partial charge is 0.573 e. The maximum absolute atomic E-state index is 15.2. The molecule has 1 aliphatic rings. The average Bonchev–Trinajstić information content (AvgIpc) is 2.89. The van der Waals surface area contributed by atoms with Gasteiger partial charge in [-0.15, -0.1) is 13.2 Å². The van der Waals surface area contributed by atoms with Gasteiger partial charge in [-0.25, -0.2) is 13.2 Å². The Labute approximate surface area is 222 Å². The van der Waals surface area contributed by atoms with Crippen molar-refractivity contribution in [3.05, 3.63) is 76.6 Å². The molecule has 0 spiro atoms. The Hall–Kier alpha value is -2.82. The molecule has 0 unspecified atom stereocenters. The van der Waals surface area contributed by atoms with Crippen molar-refractivity contribution in [3.8, 4) is 5.75 Å². The topological polar surface area (TPSA) is 36.9 Å². The fourth-order valence-electron chi connectivity index (χ4n) is 4.45. The van der Waals surface area contributed by atoms with E-state index in [2.05, 4.69) is 11.7 Å². The first-order chi connectivity index (χ1) is 18.6. The number of aryl methyl sites for hydroxylation is 3. The summed E-state index contributed by atoms with van der Waals surface area (Å²) >= 11 is 0. The molecule has 0 atom stereocenters. The highest BCUT2D eigenvalue weighted by Crippen LogP contribution is 2.30. The standard InChI is InChI=1S/C29H30F6O4/c1-2-3-12-36-22-16-37-26(38-17-22)11-6-18-5-10-23-21(13-18)9-8-20(27(23)32)7-4-19-14-24(30)28(25(31)15-19)39-29(33,34)35/h5,8-10,13-15,22,26H,2-4,6-7,11-12,16-17H2,1H3. The van der Waals surface area contributed by atoms with Gasteiger partial charge < -0.3 is 18.9 Å². The predicted molar refractivity (Wildman–Crippen MR) is 133 cm³/mol. The Morgan fingerprint density at radius 3 is 2.26 bits per heavy atom. The number of unbranched alkanes of at least 4 members (excludes halogenated alkanes) is 1. The highest BCUT2D eigenvalue weighted by molar-refractivity contribution is 5.84. The average molecular weight is 557 g/mol. The van der Waals surface area contributed by atoms with Crippen LogP contribution in [0.1, 0.15) is 42.9 Å². The van der Waals surface area contributed by atoms with E-state index in [4.69, 9.17) is 14.2 Å². The minimum absolute atomic E-state index is 0.0204. The Morgan fingerprint density at radius 1 is 0.872 bits per heavy atom. The first-order valence-corrected chi connectivity index (χ1v) is 12.9. The fourth-order valence-corrected chi connectivity index (χ4v) is 4.45. The summed E-state index contributed by atoms with van der Waals surface area (Å²) in [7, 11) is 0. The van der Waals surface area contributed by atoms with Gasteiger partial charge in [0.15, 0.2) is 17.9 Å². The van der Waals surface area contributed by atoms with Crippen LogP contribution in [0.4, 0.5) is 26.3 Å². The molecule has 1 aliphatic heterocycles. The van der Waals surface area contributed by atoms with Gasteiger partial charge >= 0.3 is 6.36 Å². The van der Waals surface area contributed by atoms with E-state index in [9.17, 15) is 22.0 Å². The molecule has 4 nitrogen and oxygen atoms in total. The Bertz CT molecular complexity index is 1230. The molecule has 1 heterocycles. The summed E-state index contributed by atoms with van der Waals surface area (Å²) in [5.41, 5.74) is 1.40. The van der Waals surface area contributed by atoms with E-state index in [1.54, 1.807) is 18.2 Å². The summed E-state index contributed by atoms with van der Waals surface area (Å²) in [6, 6.07) is 10.3. The van der Waals surface area contributed by atoms with Crippen LogP contribution in [0.25, 0.3) is 10.8 Å². The van der Waals surface area contributed by atoms with E-state index in [0.717, 1.165) is 30.5 Å². The van der Waals surface area contributed by atoms with Gasteiger partial charge in [-0.05, 0) is 59.9 Å². The molecule has 3 aromatic carbocycles. The molecule has 10 heteroatoms. The van der Waals surface area contributed by atoms with Crippen LogP contribution < -0.4 is 4.74 Å². The number of rotatable bonds is 11. The van der Waals surface area contributed by atoms with Gasteiger partial charge in [-0.1, -0.05) is 43.7 Å². The van der Waals surface area contributed by atoms with Crippen LogP contribution in [-0.2, 0) is 33.5 Å². The maximum atomic E-state index is 15.2. The second-order valence-electron chi connectivity index (χ2n) is 9.51. The fraction of sp³-hybridized carbons (Fsp3) is 0.448. The zero-order valence-corrected chi connectivity index (χ0v) is 21.5. The van der Waals surface area contributed by atoms with Gasteiger partial charge in [0.05, 0.1) is 13.2 Å². The summed E-state index contributed by atoms with van der Waals surface area (Å²) in [5.74, 6) is -4.91. The monoisotopic (exact) mass is 556 g/mol. The van der Waals surface area contributed by atoms with Gasteiger partial charge in [0, 0.05) is 18.4 Å². The van der Waals surface area contributed by atoms with E-state index in [1.165, 1.54) is 0 Å². The van der Waals surface area contributed by atoms with E-state index in [0.29, 0.717) is 49.0 Å². The molecule has 4 rings (SSSR count). The van der Waals surface area contributed by atoms with Gasteiger partial charge in [-0.2, -0.15) is 0 Å². The van der Waals surface area contributed by atoms with Gasteiger partial charge in [-0.3, -0.25) is 0 Å². The lowest BCUT2D eigenvalue weighted by molar-refractivity contribution is -0.276. The van der Waals surface area contributed by atoms with Crippen molar-refractivity contribution >= 4 is 10.8 Å². The molecule has 212 valence electrons. The van der Waals surface area contributed by atoms with Crippen molar-refractivity contribution in [2.24, 2.45) is 0 Å². The summed E-state index contributed by atoms with van der Waals surface area (Å²) in [4.78, 5) is 0. The lowest BCUT2D eigenvalue weighted by Gasteiger charge is -2.29. The molecule has 0 bridgehead atoms. The second-order valence-corrected chi connectivity index (χ2v) is 9.51. The Balaban J connectivity index is 1.33. The van der Waals surface area contributed by atoms with Crippen LogP contribution in [-0.4, -0.2) is 38.6 Å². The van der Waals surface area contributed by atoms with Crippen molar-refractivity contribution in [1.29, 1.82) is 0 Å². The minimum atomic E-state index is -5.22. The lowest BCUT2D eigenvalue weighted by Crippen LogP contribution is -2.37. The molecule has 0 radical (unpaired) electrons. The SMILES string of the molecule is CCCCOC1COC(CCc2ccc3c(F)c(CCc4cc(F)c(OC(F)(F)F)c(F)c4)ccc3c2)OC1. The van der Waals surface area contributed by atoms with Crippen molar-refractivity contribution in [3.63, 3.8) is 0 Å². The van der Waals surface area contributed by atoms with Crippen LogP contribution >= 0.6 is 0 Å². The van der Waals surface area contributed by atoms with Gasteiger partial charge in [0.2, 0.25) is 5.75 Å². The molecule has 39 heavy (non-hydrogen) atoms. The third kappa shape index (κ3) is 8.09. The van der Waals surface area contributed by atoms with Gasteiger partial charge in [0.1, 0.15) is 11.9 Å². The molecular formula is C29H30F6O4. The molecule has 3 aromatic rings. The first kappa shape index (κ1) is 29.2.